The van der Waals surface area contributed by atoms with Gasteiger partial charge in [-0.2, -0.15) is 0 Å². The summed E-state index contributed by atoms with van der Waals surface area (Å²) in [5, 5.41) is 0. The summed E-state index contributed by atoms with van der Waals surface area (Å²) in [6.45, 7) is 12.9. The van der Waals surface area contributed by atoms with Crippen LogP contribution in [-0.2, 0) is 0 Å². The molecule has 134 valence electrons. The fourth-order valence-corrected chi connectivity index (χ4v) is 1.80. The lowest BCUT2D eigenvalue weighted by atomic mass is 10.1. The summed E-state index contributed by atoms with van der Waals surface area (Å²) in [6.07, 6.45) is 9.20. The van der Waals surface area contributed by atoms with Crippen LogP contribution in [0.25, 0.3) is 0 Å². The molecule has 0 fully saturated rings. The maximum absolute atomic E-state index is 11.0. The van der Waals surface area contributed by atoms with Crippen LogP contribution in [0.5, 0.6) is 5.75 Å². The number of carbonyl (C=O) groups is 1. The Labute approximate surface area is 144 Å². The number of unbranched alkanes of at least 4 members (excludes halogenated alkanes) is 5. The largest absolute Gasteiger partial charge is 0.494 e. The summed E-state index contributed by atoms with van der Waals surface area (Å²) < 4.78 is 5.47. The molecule has 0 radical (unpaired) electrons. The van der Waals surface area contributed by atoms with Crippen molar-refractivity contribution in [3.8, 4) is 5.75 Å². The van der Waals surface area contributed by atoms with Crippen molar-refractivity contribution >= 4 is 5.78 Å². The summed E-state index contributed by atoms with van der Waals surface area (Å²) in [5.41, 5.74) is 0.729. The first-order valence-corrected chi connectivity index (χ1v) is 9.39. The van der Waals surface area contributed by atoms with Gasteiger partial charge in [-0.1, -0.05) is 73.1 Å². The Morgan fingerprint density at radius 2 is 1.30 bits per heavy atom. The molecule has 2 heteroatoms. The fraction of sp³-hybridized carbons (Fsp3) is 0.667. The van der Waals surface area contributed by atoms with E-state index in [9.17, 15) is 4.79 Å². The molecule has 0 N–H and O–H groups in total. The molecular weight excluding hydrogens is 284 g/mol. The standard InChI is InChI=1S/C12H16O2.C7H16.C2H6/c1-3-4-9-14-12-7-5-11(6-8-12)10(2)13;1-3-5-7-6-4-2;1-2/h5-8H,3-4,9H2,1-2H3;3-7H2,1-2H3;1-2H3. The number of ketones is 1. The molecular formula is C21H38O2. The lowest BCUT2D eigenvalue weighted by molar-refractivity contribution is 0.101. The Balaban J connectivity index is 0. The third-order valence-corrected chi connectivity index (χ3v) is 3.23. The zero-order chi connectivity index (χ0) is 17.9. The summed E-state index contributed by atoms with van der Waals surface area (Å²) in [4.78, 5) is 11.0. The zero-order valence-electron chi connectivity index (χ0n) is 16.3. The van der Waals surface area contributed by atoms with Gasteiger partial charge in [0.05, 0.1) is 6.61 Å². The smallest absolute Gasteiger partial charge is 0.159 e. The van der Waals surface area contributed by atoms with Crippen molar-refractivity contribution in [2.45, 2.75) is 86.5 Å². The van der Waals surface area contributed by atoms with E-state index in [2.05, 4.69) is 20.8 Å². The van der Waals surface area contributed by atoms with Crippen LogP contribution in [-0.4, -0.2) is 12.4 Å². The highest BCUT2D eigenvalue weighted by molar-refractivity contribution is 5.94. The van der Waals surface area contributed by atoms with Crippen molar-refractivity contribution in [3.05, 3.63) is 29.8 Å². The molecule has 0 saturated carbocycles. The average molecular weight is 323 g/mol. The van der Waals surface area contributed by atoms with Gasteiger partial charge < -0.3 is 4.74 Å². The van der Waals surface area contributed by atoms with Crippen LogP contribution in [0.4, 0.5) is 0 Å². The Bertz CT molecular complexity index is 351. The van der Waals surface area contributed by atoms with Gasteiger partial charge in [0.2, 0.25) is 0 Å². The van der Waals surface area contributed by atoms with E-state index in [0.717, 1.165) is 30.8 Å². The van der Waals surface area contributed by atoms with Crippen LogP contribution in [0.3, 0.4) is 0 Å². The highest BCUT2D eigenvalue weighted by Crippen LogP contribution is 2.12. The lowest BCUT2D eigenvalue weighted by Crippen LogP contribution is -1.97. The van der Waals surface area contributed by atoms with Crippen LogP contribution in [0.15, 0.2) is 24.3 Å². The zero-order valence-corrected chi connectivity index (χ0v) is 16.3. The van der Waals surface area contributed by atoms with Crippen LogP contribution in [0.1, 0.15) is 96.8 Å². The Morgan fingerprint density at radius 1 is 0.826 bits per heavy atom. The molecule has 23 heavy (non-hydrogen) atoms. The maximum Gasteiger partial charge on any atom is 0.159 e. The highest BCUT2D eigenvalue weighted by Gasteiger charge is 1.98. The van der Waals surface area contributed by atoms with Crippen LogP contribution >= 0.6 is 0 Å². The number of ether oxygens (including phenoxy) is 1. The Hall–Kier alpha value is -1.31. The molecule has 0 aromatic heterocycles. The summed E-state index contributed by atoms with van der Waals surface area (Å²) in [7, 11) is 0. The van der Waals surface area contributed by atoms with E-state index in [1.807, 2.05) is 26.0 Å². The Morgan fingerprint density at radius 3 is 1.70 bits per heavy atom. The van der Waals surface area contributed by atoms with E-state index in [4.69, 9.17) is 4.74 Å². The van der Waals surface area contributed by atoms with Crippen molar-refractivity contribution in [2.24, 2.45) is 0 Å². The summed E-state index contributed by atoms with van der Waals surface area (Å²) >= 11 is 0. The van der Waals surface area contributed by atoms with Crippen molar-refractivity contribution < 1.29 is 9.53 Å². The van der Waals surface area contributed by atoms with Gasteiger partial charge in [0.15, 0.2) is 5.78 Å². The molecule has 0 aliphatic rings. The van der Waals surface area contributed by atoms with Crippen molar-refractivity contribution in [3.63, 3.8) is 0 Å². The molecule has 1 rings (SSSR count). The number of benzene rings is 1. The van der Waals surface area contributed by atoms with E-state index in [0.29, 0.717) is 0 Å². The molecule has 0 saturated heterocycles. The highest BCUT2D eigenvalue weighted by atomic mass is 16.5. The van der Waals surface area contributed by atoms with Crippen LogP contribution in [0, 0.1) is 0 Å². The van der Waals surface area contributed by atoms with Crippen molar-refractivity contribution in [1.82, 2.24) is 0 Å². The van der Waals surface area contributed by atoms with E-state index in [1.165, 1.54) is 32.1 Å². The van der Waals surface area contributed by atoms with Gasteiger partial charge in [-0.05, 0) is 37.6 Å². The van der Waals surface area contributed by atoms with E-state index in [1.54, 1.807) is 19.1 Å². The summed E-state index contributed by atoms with van der Waals surface area (Å²) in [5.74, 6) is 0.925. The van der Waals surface area contributed by atoms with Gasteiger partial charge in [-0.15, -0.1) is 0 Å². The SMILES string of the molecule is CC.CCCCCCC.CCCCOc1ccc(C(C)=O)cc1. The second-order valence-electron chi connectivity index (χ2n) is 5.34. The van der Waals surface area contributed by atoms with Crippen LogP contribution < -0.4 is 4.74 Å². The first-order valence-electron chi connectivity index (χ1n) is 9.39. The predicted octanol–water partition coefficient (Wildman–Crippen LogP) is 7.07. The number of hydrogen-bond donors (Lipinski definition) is 0. The van der Waals surface area contributed by atoms with Gasteiger partial charge in [-0.3, -0.25) is 4.79 Å². The van der Waals surface area contributed by atoms with Gasteiger partial charge in [0, 0.05) is 5.56 Å². The van der Waals surface area contributed by atoms with E-state index >= 15 is 0 Å². The minimum atomic E-state index is 0.0881. The fourth-order valence-electron chi connectivity index (χ4n) is 1.80. The quantitative estimate of drug-likeness (QED) is 0.359. The van der Waals surface area contributed by atoms with Gasteiger partial charge in [-0.25, -0.2) is 0 Å². The first kappa shape index (κ1) is 23.9. The van der Waals surface area contributed by atoms with Gasteiger partial charge in [0.25, 0.3) is 0 Å². The van der Waals surface area contributed by atoms with E-state index in [-0.39, 0.29) is 5.78 Å². The first-order chi connectivity index (χ1) is 11.2. The number of hydrogen-bond acceptors (Lipinski definition) is 2. The second-order valence-corrected chi connectivity index (χ2v) is 5.34. The lowest BCUT2D eigenvalue weighted by Gasteiger charge is -2.05. The average Bonchev–Trinajstić information content (AvgIpc) is 2.58. The van der Waals surface area contributed by atoms with Crippen molar-refractivity contribution in [2.75, 3.05) is 6.61 Å². The topological polar surface area (TPSA) is 26.3 Å². The minimum Gasteiger partial charge on any atom is -0.494 e. The summed E-state index contributed by atoms with van der Waals surface area (Å²) in [6, 6.07) is 7.27. The van der Waals surface area contributed by atoms with Gasteiger partial charge >= 0.3 is 0 Å². The number of Topliss-reactive ketones (excluding diaryl/α,β-unsaturated/α-hetero) is 1. The van der Waals surface area contributed by atoms with Crippen molar-refractivity contribution in [1.29, 1.82) is 0 Å². The third-order valence-electron chi connectivity index (χ3n) is 3.23. The Kier molecular flexibility index (Phi) is 19.5. The molecule has 0 aliphatic heterocycles. The molecule has 0 heterocycles. The molecule has 0 unspecified atom stereocenters. The molecule has 0 bridgehead atoms. The normalized spacial score (nSPS) is 9.13. The molecule has 0 atom stereocenters. The monoisotopic (exact) mass is 322 g/mol. The molecule has 0 aliphatic carbocycles. The predicted molar refractivity (Wildman–Crippen MR) is 103 cm³/mol. The number of carbonyl (C=O) groups excluding carboxylic acids is 1. The molecule has 1 aromatic rings. The molecule has 2 nitrogen and oxygen atoms in total. The second kappa shape index (κ2) is 18.7. The minimum absolute atomic E-state index is 0.0881. The molecule has 0 spiro atoms. The molecule has 1 aromatic carbocycles. The number of rotatable bonds is 9. The van der Waals surface area contributed by atoms with E-state index < -0.39 is 0 Å². The molecule has 0 amide bonds. The third kappa shape index (κ3) is 15.4. The van der Waals surface area contributed by atoms with Gasteiger partial charge in [0.1, 0.15) is 5.75 Å². The maximum atomic E-state index is 11.0. The van der Waals surface area contributed by atoms with Crippen LogP contribution in [0.2, 0.25) is 0 Å².